The Bertz CT molecular complexity index is 387. The number of thioether (sulfide) groups is 1. The summed E-state index contributed by atoms with van der Waals surface area (Å²) < 4.78 is 0. The number of aromatic nitrogens is 1. The van der Waals surface area contributed by atoms with Crippen LogP contribution in [0.4, 0.5) is 5.82 Å². The van der Waals surface area contributed by atoms with Crippen LogP contribution in [0, 0.1) is 0 Å². The number of pyridine rings is 1. The van der Waals surface area contributed by atoms with Gasteiger partial charge < -0.3 is 10.8 Å². The highest BCUT2D eigenvalue weighted by Crippen LogP contribution is 2.18. The second kappa shape index (κ2) is 6.17. The summed E-state index contributed by atoms with van der Waals surface area (Å²) in [6.45, 7) is 1.83. The number of carbonyl (C=O) groups is 1. The zero-order valence-electron chi connectivity index (χ0n) is 9.01. The van der Waals surface area contributed by atoms with Crippen molar-refractivity contribution in [1.29, 1.82) is 0 Å². The van der Waals surface area contributed by atoms with Crippen molar-refractivity contribution < 1.29 is 9.90 Å². The summed E-state index contributed by atoms with van der Waals surface area (Å²) in [7, 11) is 0. The van der Waals surface area contributed by atoms with Crippen molar-refractivity contribution >= 4 is 23.5 Å². The standard InChI is InChI=1S/C11H14N2O2S/c1-2-8(11(14)15)5-6-16-9-3-4-10(12)13-7-9/h3-5,7H,2,6H2,1H3,(H2,12,13)(H,14,15). The topological polar surface area (TPSA) is 76.2 Å². The van der Waals surface area contributed by atoms with Crippen LogP contribution in [0.1, 0.15) is 13.3 Å². The second-order valence-corrected chi connectivity index (χ2v) is 4.21. The molecule has 0 amide bonds. The van der Waals surface area contributed by atoms with Crippen LogP contribution in [0.2, 0.25) is 0 Å². The molecule has 0 atom stereocenters. The highest BCUT2D eigenvalue weighted by molar-refractivity contribution is 7.99. The predicted octanol–water partition coefficient (Wildman–Crippen LogP) is 2.18. The lowest BCUT2D eigenvalue weighted by Gasteiger charge is -2.00. The van der Waals surface area contributed by atoms with Crippen molar-refractivity contribution in [2.24, 2.45) is 0 Å². The van der Waals surface area contributed by atoms with Gasteiger partial charge in [-0.25, -0.2) is 9.78 Å². The monoisotopic (exact) mass is 238 g/mol. The molecular formula is C11H14N2O2S. The molecule has 0 aromatic carbocycles. The number of anilines is 1. The second-order valence-electron chi connectivity index (χ2n) is 3.12. The number of carboxylic acid groups (broad SMARTS) is 1. The molecule has 0 radical (unpaired) electrons. The summed E-state index contributed by atoms with van der Waals surface area (Å²) in [5, 5.41) is 8.80. The van der Waals surface area contributed by atoms with Crippen molar-refractivity contribution in [3.8, 4) is 0 Å². The molecule has 0 saturated heterocycles. The Kier molecular flexibility index (Phi) is 4.85. The van der Waals surface area contributed by atoms with E-state index in [2.05, 4.69) is 4.98 Å². The minimum Gasteiger partial charge on any atom is -0.478 e. The highest BCUT2D eigenvalue weighted by atomic mass is 32.2. The quantitative estimate of drug-likeness (QED) is 0.607. The molecule has 1 aromatic rings. The normalized spacial score (nSPS) is 11.4. The first kappa shape index (κ1) is 12.6. The van der Waals surface area contributed by atoms with E-state index < -0.39 is 5.97 Å². The third-order valence-electron chi connectivity index (χ3n) is 1.99. The Balaban J connectivity index is 2.52. The van der Waals surface area contributed by atoms with Crippen LogP contribution >= 0.6 is 11.8 Å². The first-order chi connectivity index (χ1) is 7.63. The maximum Gasteiger partial charge on any atom is 0.331 e. The Morgan fingerprint density at radius 3 is 2.88 bits per heavy atom. The third kappa shape index (κ3) is 3.94. The molecular weight excluding hydrogens is 224 g/mol. The Morgan fingerprint density at radius 1 is 1.62 bits per heavy atom. The maximum absolute atomic E-state index is 10.7. The van der Waals surface area contributed by atoms with Crippen LogP contribution in [0.3, 0.4) is 0 Å². The van der Waals surface area contributed by atoms with Gasteiger partial charge in [0.25, 0.3) is 0 Å². The van der Waals surface area contributed by atoms with Gasteiger partial charge in [0.15, 0.2) is 0 Å². The van der Waals surface area contributed by atoms with Crippen molar-refractivity contribution in [2.75, 3.05) is 11.5 Å². The van der Waals surface area contributed by atoms with Crippen LogP contribution in [0.25, 0.3) is 0 Å². The summed E-state index contributed by atoms with van der Waals surface area (Å²) in [5.41, 5.74) is 5.90. The van der Waals surface area contributed by atoms with Crippen LogP contribution in [0.15, 0.2) is 34.9 Å². The van der Waals surface area contributed by atoms with E-state index in [1.807, 2.05) is 13.0 Å². The fourth-order valence-corrected chi connectivity index (χ4v) is 1.87. The fourth-order valence-electron chi connectivity index (χ4n) is 1.10. The number of nitrogen functional groups attached to an aromatic ring is 1. The first-order valence-electron chi connectivity index (χ1n) is 4.90. The molecule has 0 saturated carbocycles. The van der Waals surface area contributed by atoms with Crippen LogP contribution in [-0.2, 0) is 4.79 Å². The van der Waals surface area contributed by atoms with Gasteiger partial charge >= 0.3 is 5.97 Å². The molecule has 3 N–H and O–H groups in total. The lowest BCUT2D eigenvalue weighted by molar-refractivity contribution is -0.132. The van der Waals surface area contributed by atoms with E-state index >= 15 is 0 Å². The average Bonchev–Trinajstić information content (AvgIpc) is 2.26. The number of rotatable bonds is 5. The number of carboxylic acids is 1. The van der Waals surface area contributed by atoms with E-state index in [0.717, 1.165) is 4.90 Å². The van der Waals surface area contributed by atoms with Gasteiger partial charge in [0.1, 0.15) is 5.82 Å². The van der Waals surface area contributed by atoms with Gasteiger partial charge in [0.05, 0.1) is 0 Å². The minimum atomic E-state index is -0.849. The average molecular weight is 238 g/mol. The maximum atomic E-state index is 10.7. The molecule has 1 aromatic heterocycles. The summed E-state index contributed by atoms with van der Waals surface area (Å²) in [6.07, 6.45) is 3.94. The SMILES string of the molecule is CCC(=CCSc1ccc(N)nc1)C(=O)O. The third-order valence-corrected chi connectivity index (χ3v) is 2.90. The summed E-state index contributed by atoms with van der Waals surface area (Å²) in [4.78, 5) is 15.6. The minimum absolute atomic E-state index is 0.441. The van der Waals surface area contributed by atoms with Crippen molar-refractivity contribution in [3.05, 3.63) is 30.0 Å². The van der Waals surface area contributed by atoms with Crippen molar-refractivity contribution in [2.45, 2.75) is 18.2 Å². The Morgan fingerprint density at radius 2 is 2.38 bits per heavy atom. The molecule has 0 fully saturated rings. The molecule has 4 nitrogen and oxygen atoms in total. The number of hydrogen-bond acceptors (Lipinski definition) is 4. The molecule has 16 heavy (non-hydrogen) atoms. The molecule has 5 heteroatoms. The molecule has 1 rings (SSSR count). The summed E-state index contributed by atoms with van der Waals surface area (Å²) in [6, 6.07) is 3.59. The van der Waals surface area contributed by atoms with E-state index in [1.54, 1.807) is 18.3 Å². The van der Waals surface area contributed by atoms with E-state index in [9.17, 15) is 4.79 Å². The molecule has 1 heterocycles. The van der Waals surface area contributed by atoms with Gasteiger partial charge in [0.2, 0.25) is 0 Å². The fraction of sp³-hybridized carbons (Fsp3) is 0.273. The molecule has 0 bridgehead atoms. The van der Waals surface area contributed by atoms with Crippen LogP contribution in [0.5, 0.6) is 0 Å². The number of hydrogen-bond donors (Lipinski definition) is 2. The molecule has 0 aliphatic carbocycles. The molecule has 0 aliphatic rings. The van der Waals surface area contributed by atoms with Crippen LogP contribution < -0.4 is 5.73 Å². The van der Waals surface area contributed by atoms with E-state index in [0.29, 0.717) is 23.6 Å². The predicted molar refractivity (Wildman–Crippen MR) is 65.4 cm³/mol. The zero-order valence-corrected chi connectivity index (χ0v) is 9.83. The van der Waals surface area contributed by atoms with Crippen molar-refractivity contribution in [1.82, 2.24) is 4.98 Å². The van der Waals surface area contributed by atoms with Crippen molar-refractivity contribution in [3.63, 3.8) is 0 Å². The summed E-state index contributed by atoms with van der Waals surface area (Å²) >= 11 is 1.53. The number of nitrogens with zero attached hydrogens (tertiary/aromatic N) is 1. The summed E-state index contributed by atoms with van der Waals surface area (Å²) in [5.74, 6) is 0.263. The number of nitrogens with two attached hydrogens (primary N) is 1. The molecule has 86 valence electrons. The largest absolute Gasteiger partial charge is 0.478 e. The van der Waals surface area contributed by atoms with Gasteiger partial charge in [-0.2, -0.15) is 0 Å². The van der Waals surface area contributed by atoms with Gasteiger partial charge in [-0.05, 0) is 18.6 Å². The number of aliphatic carboxylic acids is 1. The van der Waals surface area contributed by atoms with E-state index in [1.165, 1.54) is 11.8 Å². The molecule has 0 spiro atoms. The Labute approximate surface area is 98.6 Å². The van der Waals surface area contributed by atoms with Gasteiger partial charge in [-0.3, -0.25) is 0 Å². The first-order valence-corrected chi connectivity index (χ1v) is 5.88. The van der Waals surface area contributed by atoms with Gasteiger partial charge in [0, 0.05) is 22.4 Å². The van der Waals surface area contributed by atoms with E-state index in [-0.39, 0.29) is 0 Å². The highest BCUT2D eigenvalue weighted by Gasteiger charge is 2.03. The molecule has 0 aliphatic heterocycles. The Hall–Kier alpha value is -1.49. The lowest BCUT2D eigenvalue weighted by Crippen LogP contribution is -1.99. The zero-order chi connectivity index (χ0) is 12.0. The lowest BCUT2D eigenvalue weighted by atomic mass is 10.2. The van der Waals surface area contributed by atoms with Gasteiger partial charge in [-0.15, -0.1) is 11.8 Å². The molecule has 0 unspecified atom stereocenters. The van der Waals surface area contributed by atoms with Gasteiger partial charge in [-0.1, -0.05) is 13.0 Å². The smallest absolute Gasteiger partial charge is 0.331 e. The van der Waals surface area contributed by atoms with E-state index in [4.69, 9.17) is 10.8 Å². The van der Waals surface area contributed by atoms with Crippen LogP contribution in [-0.4, -0.2) is 21.8 Å².